The van der Waals surface area contributed by atoms with Crippen LogP contribution in [0.1, 0.15) is 31.8 Å². The Labute approximate surface area is 125 Å². The van der Waals surface area contributed by atoms with Crippen LogP contribution in [0.2, 0.25) is 0 Å². The van der Waals surface area contributed by atoms with Gasteiger partial charge in [0.05, 0.1) is 13.9 Å². The zero-order valence-corrected chi connectivity index (χ0v) is 13.1. The van der Waals surface area contributed by atoms with Gasteiger partial charge in [-0.2, -0.15) is 0 Å². The number of Topliss-reactive ketones (excluding diaryl/α,β-unsaturated/α-hetero) is 2. The highest BCUT2D eigenvalue weighted by Gasteiger charge is 2.37. The summed E-state index contributed by atoms with van der Waals surface area (Å²) in [7, 11) is 0. The number of nitro benzene ring substituents is 1. The third-order valence-corrected chi connectivity index (χ3v) is 5.10. The van der Waals surface area contributed by atoms with Gasteiger partial charge in [0.25, 0.3) is 5.69 Å². The number of aryl methyl sites for hydroxylation is 1. The van der Waals surface area contributed by atoms with Crippen molar-refractivity contribution in [3.05, 3.63) is 47.4 Å². The second-order valence-corrected chi connectivity index (χ2v) is 5.72. The van der Waals surface area contributed by atoms with Crippen LogP contribution in [0.4, 0.5) is 5.69 Å². The summed E-state index contributed by atoms with van der Waals surface area (Å²) in [6.45, 7) is 3.23. The lowest BCUT2D eigenvalue weighted by atomic mass is 9.89. The highest BCUT2D eigenvalue weighted by molar-refractivity contribution is 9.14. The molecule has 0 saturated carbocycles. The molecule has 0 N–H and O–H groups in total. The molecule has 0 aliphatic heterocycles. The number of rotatable bonds is 1. The monoisotopic (exact) mass is 387 g/mol. The Kier molecular flexibility index (Phi) is 3.44. The second kappa shape index (κ2) is 4.64. The fraction of sp³-hybridized carbons (Fsp3) is 0.167. The number of halogens is 2. The molecule has 0 saturated heterocycles. The van der Waals surface area contributed by atoms with Crippen molar-refractivity contribution in [2.75, 3.05) is 0 Å². The van der Waals surface area contributed by atoms with E-state index in [0.29, 0.717) is 11.1 Å². The van der Waals surface area contributed by atoms with E-state index >= 15 is 0 Å². The van der Waals surface area contributed by atoms with Crippen LogP contribution in [-0.4, -0.2) is 16.5 Å². The lowest BCUT2D eigenvalue weighted by Crippen LogP contribution is -2.20. The van der Waals surface area contributed by atoms with Gasteiger partial charge in [-0.3, -0.25) is 19.7 Å². The minimum Gasteiger partial charge on any atom is -0.288 e. The first-order valence-electron chi connectivity index (χ1n) is 5.20. The van der Waals surface area contributed by atoms with Gasteiger partial charge in [-0.05, 0) is 57.3 Å². The fourth-order valence-electron chi connectivity index (χ4n) is 1.96. The number of hydrogen-bond donors (Lipinski definition) is 0. The molecule has 0 atom stereocenters. The molecule has 0 heterocycles. The van der Waals surface area contributed by atoms with E-state index in [2.05, 4.69) is 31.9 Å². The van der Waals surface area contributed by atoms with E-state index in [1.165, 1.54) is 6.07 Å². The van der Waals surface area contributed by atoms with E-state index in [4.69, 9.17) is 0 Å². The number of hydrogen-bond acceptors (Lipinski definition) is 4. The summed E-state index contributed by atoms with van der Waals surface area (Å²) in [6, 6.07) is 1.51. The van der Waals surface area contributed by atoms with Gasteiger partial charge >= 0.3 is 0 Å². The lowest BCUT2D eigenvalue weighted by molar-refractivity contribution is -0.385. The Morgan fingerprint density at radius 2 is 1.63 bits per heavy atom. The average Bonchev–Trinajstić information content (AvgIpc) is 2.35. The van der Waals surface area contributed by atoms with Crippen molar-refractivity contribution < 1.29 is 14.5 Å². The first-order valence-corrected chi connectivity index (χ1v) is 6.79. The molecule has 7 heteroatoms. The summed E-state index contributed by atoms with van der Waals surface area (Å²) in [5, 5.41) is 11.2. The zero-order valence-electron chi connectivity index (χ0n) is 9.91. The number of ketones is 2. The molecule has 0 radical (unpaired) electrons. The van der Waals surface area contributed by atoms with E-state index in [1.807, 2.05) is 0 Å². The van der Waals surface area contributed by atoms with E-state index < -0.39 is 16.5 Å². The molecule has 1 aliphatic carbocycles. The van der Waals surface area contributed by atoms with Crippen LogP contribution in [0, 0.1) is 24.0 Å². The first-order chi connectivity index (χ1) is 8.77. The van der Waals surface area contributed by atoms with E-state index in [-0.39, 0.29) is 25.8 Å². The number of benzene rings is 1. The Balaban J connectivity index is 2.94. The van der Waals surface area contributed by atoms with Gasteiger partial charge in [0.15, 0.2) is 0 Å². The summed E-state index contributed by atoms with van der Waals surface area (Å²) in [5.41, 5.74) is 0.612. The topological polar surface area (TPSA) is 77.3 Å². The molecule has 2 rings (SSSR count). The summed E-state index contributed by atoms with van der Waals surface area (Å²) < 4.78 is 0.0962. The number of carbonyl (C=O) groups excluding carboxylic acids is 2. The fourth-order valence-corrected chi connectivity index (χ4v) is 2.74. The number of allylic oxidation sites excluding steroid dienone is 2. The summed E-state index contributed by atoms with van der Waals surface area (Å²) in [5.74, 6) is -0.996. The van der Waals surface area contributed by atoms with Crippen molar-refractivity contribution in [3.63, 3.8) is 0 Å². The molecule has 0 spiro atoms. The van der Waals surface area contributed by atoms with Crippen molar-refractivity contribution in [1.82, 2.24) is 0 Å². The summed E-state index contributed by atoms with van der Waals surface area (Å²) in [6.07, 6.45) is 0. The molecule has 5 nitrogen and oxygen atoms in total. The molecule has 0 fully saturated rings. The van der Waals surface area contributed by atoms with E-state index in [0.717, 1.165) is 0 Å². The lowest BCUT2D eigenvalue weighted by Gasteiger charge is -2.17. The summed E-state index contributed by atoms with van der Waals surface area (Å²) in [4.78, 5) is 34.8. The molecule has 19 heavy (non-hydrogen) atoms. The average molecular weight is 389 g/mol. The molecule has 1 aromatic carbocycles. The smallest absolute Gasteiger partial charge is 0.284 e. The van der Waals surface area contributed by atoms with Gasteiger partial charge < -0.3 is 0 Å². The minimum atomic E-state index is -0.619. The molecule has 0 amide bonds. The van der Waals surface area contributed by atoms with Gasteiger partial charge in [-0.1, -0.05) is 0 Å². The minimum absolute atomic E-state index is 0.0105. The van der Waals surface area contributed by atoms with Crippen LogP contribution >= 0.6 is 31.9 Å². The van der Waals surface area contributed by atoms with Gasteiger partial charge in [0.1, 0.15) is 5.56 Å². The maximum atomic E-state index is 12.2. The van der Waals surface area contributed by atoms with Crippen LogP contribution in [0.25, 0.3) is 0 Å². The third-order valence-electron chi connectivity index (χ3n) is 3.06. The van der Waals surface area contributed by atoms with Crippen LogP contribution in [0.15, 0.2) is 15.0 Å². The number of carbonyl (C=O) groups is 2. The van der Waals surface area contributed by atoms with Crippen molar-refractivity contribution in [2.24, 2.45) is 0 Å². The SMILES string of the molecule is Cc1cc2c(c([N+](=O)[O-])c1C)C(=O)C(Br)=C(Br)C2=O. The molecule has 0 unspecified atom stereocenters. The predicted molar refractivity (Wildman–Crippen MR) is 76.1 cm³/mol. The molecule has 0 bridgehead atoms. The van der Waals surface area contributed by atoms with Crippen LogP contribution in [-0.2, 0) is 0 Å². The molecule has 0 aromatic heterocycles. The third kappa shape index (κ3) is 1.97. The predicted octanol–water partition coefficient (Wildman–Crippen LogP) is 3.59. The van der Waals surface area contributed by atoms with E-state index in [1.54, 1.807) is 13.8 Å². The number of nitrogens with zero attached hydrogens (tertiary/aromatic N) is 1. The quantitative estimate of drug-likeness (QED) is 0.544. The molecule has 98 valence electrons. The molecular formula is C12H7Br2NO4. The van der Waals surface area contributed by atoms with Crippen molar-refractivity contribution in [1.29, 1.82) is 0 Å². The van der Waals surface area contributed by atoms with Gasteiger partial charge in [0.2, 0.25) is 11.6 Å². The highest BCUT2D eigenvalue weighted by Crippen LogP contribution is 2.39. The van der Waals surface area contributed by atoms with Crippen molar-refractivity contribution in [2.45, 2.75) is 13.8 Å². The Hall–Kier alpha value is -1.34. The molecule has 1 aromatic rings. The van der Waals surface area contributed by atoms with Crippen molar-refractivity contribution in [3.8, 4) is 0 Å². The zero-order chi connectivity index (χ0) is 14.5. The normalized spacial score (nSPS) is 14.7. The maximum absolute atomic E-state index is 12.2. The van der Waals surface area contributed by atoms with Gasteiger partial charge in [-0.15, -0.1) is 0 Å². The largest absolute Gasteiger partial charge is 0.288 e. The standard InChI is InChI=1S/C12H7Br2NO4/c1-4-3-6-7(10(5(4)2)15(18)19)12(17)9(14)8(13)11(6)16/h3H,1-2H3. The van der Waals surface area contributed by atoms with Gasteiger partial charge in [0, 0.05) is 11.1 Å². The Morgan fingerprint density at radius 3 is 2.16 bits per heavy atom. The maximum Gasteiger partial charge on any atom is 0.284 e. The summed E-state index contributed by atoms with van der Waals surface area (Å²) >= 11 is 6.02. The Bertz CT molecular complexity index is 691. The number of nitro groups is 1. The van der Waals surface area contributed by atoms with Crippen LogP contribution < -0.4 is 0 Å². The van der Waals surface area contributed by atoms with Crippen LogP contribution in [0.5, 0.6) is 0 Å². The van der Waals surface area contributed by atoms with Gasteiger partial charge in [-0.25, -0.2) is 0 Å². The second-order valence-electron chi connectivity index (χ2n) is 4.13. The first kappa shape index (κ1) is 14.1. The number of fused-ring (bicyclic) bond motifs is 1. The van der Waals surface area contributed by atoms with Crippen LogP contribution in [0.3, 0.4) is 0 Å². The Morgan fingerprint density at radius 1 is 1.11 bits per heavy atom. The van der Waals surface area contributed by atoms with E-state index in [9.17, 15) is 19.7 Å². The molecular weight excluding hydrogens is 382 g/mol. The molecule has 1 aliphatic rings. The highest BCUT2D eigenvalue weighted by atomic mass is 79.9. The van der Waals surface area contributed by atoms with Crippen molar-refractivity contribution >= 4 is 49.1 Å².